The minimum Gasteiger partial charge on any atom is -0.483 e. The van der Waals surface area contributed by atoms with Gasteiger partial charge in [0.1, 0.15) is 16.9 Å². The van der Waals surface area contributed by atoms with Crippen LogP contribution in [0.3, 0.4) is 0 Å². The number of rotatable bonds is 3. The average Bonchev–Trinajstić information content (AvgIpc) is 3.28. The number of hydrogen-bond acceptors (Lipinski definition) is 6. The second kappa shape index (κ2) is 6.57. The van der Waals surface area contributed by atoms with Gasteiger partial charge in [0.2, 0.25) is 0 Å². The van der Waals surface area contributed by atoms with Crippen LogP contribution in [-0.2, 0) is 12.8 Å². The molecule has 140 valence electrons. The Morgan fingerprint density at radius 3 is 2.93 bits per heavy atom. The minimum absolute atomic E-state index is 0.308. The van der Waals surface area contributed by atoms with Crippen molar-refractivity contribution >= 4 is 27.2 Å². The third kappa shape index (κ3) is 2.81. The van der Waals surface area contributed by atoms with Crippen LogP contribution in [0.25, 0.3) is 15.9 Å². The molecule has 1 aromatic carbocycles. The molecule has 0 amide bonds. The van der Waals surface area contributed by atoms with Crippen LogP contribution in [0.1, 0.15) is 48.2 Å². The Bertz CT molecular complexity index is 1220. The fourth-order valence-electron chi connectivity index (χ4n) is 3.79. The summed E-state index contributed by atoms with van der Waals surface area (Å²) in [5.41, 5.74) is 2.87. The lowest BCUT2D eigenvalue weighted by Gasteiger charge is -2.17. The summed E-state index contributed by atoms with van der Waals surface area (Å²) in [6, 6.07) is 9.18. The van der Waals surface area contributed by atoms with E-state index in [0.717, 1.165) is 34.6 Å². The van der Waals surface area contributed by atoms with E-state index in [2.05, 4.69) is 23.1 Å². The first-order valence-corrected chi connectivity index (χ1v) is 10.3. The SMILES string of the molecule is C[C@@H]1CCc2c(sc3ncn4nc([C@@H](C)Oc5ccc(C#N)cc5)nc4c23)C1. The van der Waals surface area contributed by atoms with Crippen molar-refractivity contribution in [1.29, 1.82) is 5.26 Å². The maximum Gasteiger partial charge on any atom is 0.192 e. The number of fused-ring (bicyclic) bond motifs is 5. The lowest BCUT2D eigenvalue weighted by Crippen LogP contribution is -2.08. The van der Waals surface area contributed by atoms with Gasteiger partial charge in [-0.05, 0) is 61.9 Å². The number of benzene rings is 1. The molecule has 0 fully saturated rings. The van der Waals surface area contributed by atoms with Crippen LogP contribution in [0.4, 0.5) is 0 Å². The highest BCUT2D eigenvalue weighted by Crippen LogP contribution is 2.38. The van der Waals surface area contributed by atoms with Gasteiger partial charge in [0, 0.05) is 4.88 Å². The molecule has 0 radical (unpaired) electrons. The molecule has 0 N–H and O–H groups in total. The van der Waals surface area contributed by atoms with Crippen molar-refractivity contribution in [2.75, 3.05) is 0 Å². The third-order valence-corrected chi connectivity index (χ3v) is 6.47. The van der Waals surface area contributed by atoms with Crippen molar-refractivity contribution in [1.82, 2.24) is 19.6 Å². The molecule has 2 atom stereocenters. The first-order valence-electron chi connectivity index (χ1n) is 9.44. The second-order valence-electron chi connectivity index (χ2n) is 7.41. The van der Waals surface area contributed by atoms with E-state index in [1.165, 1.54) is 16.9 Å². The van der Waals surface area contributed by atoms with Crippen molar-refractivity contribution < 1.29 is 4.74 Å². The monoisotopic (exact) mass is 389 g/mol. The zero-order valence-corrected chi connectivity index (χ0v) is 16.5. The molecule has 5 rings (SSSR count). The number of nitrogens with zero attached hydrogens (tertiary/aromatic N) is 5. The molecule has 0 saturated carbocycles. The lowest BCUT2D eigenvalue weighted by molar-refractivity contribution is 0.216. The normalized spacial score (nSPS) is 17.4. The summed E-state index contributed by atoms with van der Waals surface area (Å²) in [5, 5.41) is 14.7. The van der Waals surface area contributed by atoms with Crippen molar-refractivity contribution in [3.05, 3.63) is 52.4 Å². The summed E-state index contributed by atoms with van der Waals surface area (Å²) in [5.74, 6) is 2.05. The quantitative estimate of drug-likeness (QED) is 0.516. The summed E-state index contributed by atoms with van der Waals surface area (Å²) < 4.78 is 7.75. The van der Waals surface area contributed by atoms with Crippen LogP contribution in [-0.4, -0.2) is 19.6 Å². The zero-order chi connectivity index (χ0) is 19.3. The summed E-state index contributed by atoms with van der Waals surface area (Å²) >= 11 is 1.79. The van der Waals surface area contributed by atoms with E-state index >= 15 is 0 Å². The Hall–Kier alpha value is -2.98. The van der Waals surface area contributed by atoms with Gasteiger partial charge in [-0.3, -0.25) is 0 Å². The standard InChI is InChI=1S/C21H19N5OS/c1-12-3-8-16-17(9-12)28-21-18(16)20-24-19(25-26(20)11-23-21)13(2)27-15-6-4-14(10-22)5-7-15/h4-7,11-13H,3,8-9H2,1-2H3/t12-,13-/m1/s1. The second-order valence-corrected chi connectivity index (χ2v) is 8.49. The van der Waals surface area contributed by atoms with Gasteiger partial charge in [0.05, 0.1) is 17.0 Å². The number of nitriles is 1. The predicted octanol–water partition coefficient (Wildman–Crippen LogP) is 4.48. The highest BCUT2D eigenvalue weighted by Gasteiger charge is 2.24. The maximum absolute atomic E-state index is 8.92. The number of thiophene rings is 1. The molecular weight excluding hydrogens is 370 g/mol. The van der Waals surface area contributed by atoms with E-state index < -0.39 is 0 Å². The fourth-order valence-corrected chi connectivity index (χ4v) is 5.14. The van der Waals surface area contributed by atoms with Crippen LogP contribution in [0.2, 0.25) is 0 Å². The molecule has 7 heteroatoms. The zero-order valence-electron chi connectivity index (χ0n) is 15.7. The first-order chi connectivity index (χ1) is 13.6. The topological polar surface area (TPSA) is 76.1 Å². The van der Waals surface area contributed by atoms with Gasteiger partial charge in [-0.25, -0.2) is 14.5 Å². The number of aryl methyl sites for hydroxylation is 1. The van der Waals surface area contributed by atoms with Gasteiger partial charge in [-0.15, -0.1) is 16.4 Å². The van der Waals surface area contributed by atoms with Crippen LogP contribution < -0.4 is 4.74 Å². The Kier molecular flexibility index (Phi) is 4.02. The summed E-state index contributed by atoms with van der Waals surface area (Å²) in [7, 11) is 0. The van der Waals surface area contributed by atoms with Gasteiger partial charge in [-0.2, -0.15) is 5.26 Å². The summed E-state index contributed by atoms with van der Waals surface area (Å²) in [4.78, 5) is 11.9. The minimum atomic E-state index is -0.308. The largest absolute Gasteiger partial charge is 0.483 e. The van der Waals surface area contributed by atoms with E-state index in [-0.39, 0.29) is 6.10 Å². The molecule has 3 heterocycles. The lowest BCUT2D eigenvalue weighted by atomic mass is 9.89. The van der Waals surface area contributed by atoms with Crippen molar-refractivity contribution in [3.8, 4) is 11.8 Å². The van der Waals surface area contributed by atoms with Crippen LogP contribution in [0, 0.1) is 17.2 Å². The Balaban J connectivity index is 1.52. The number of ether oxygens (including phenoxy) is 1. The van der Waals surface area contributed by atoms with Gasteiger partial charge < -0.3 is 4.74 Å². The molecule has 4 aromatic rings. The van der Waals surface area contributed by atoms with Crippen molar-refractivity contribution in [2.45, 2.75) is 39.2 Å². The predicted molar refractivity (Wildman–Crippen MR) is 108 cm³/mol. The molecule has 0 aliphatic heterocycles. The molecule has 3 aromatic heterocycles. The van der Waals surface area contributed by atoms with Gasteiger partial charge in [-0.1, -0.05) is 6.92 Å². The smallest absolute Gasteiger partial charge is 0.192 e. The Labute approximate surface area is 166 Å². The third-order valence-electron chi connectivity index (χ3n) is 5.31. The molecule has 0 unspecified atom stereocenters. The summed E-state index contributed by atoms with van der Waals surface area (Å²) in [6.07, 6.45) is 4.85. The molecule has 0 spiro atoms. The maximum atomic E-state index is 8.92. The fraction of sp³-hybridized carbons (Fsp3) is 0.333. The Morgan fingerprint density at radius 2 is 2.14 bits per heavy atom. The van der Waals surface area contributed by atoms with Crippen LogP contribution in [0.5, 0.6) is 5.75 Å². The highest BCUT2D eigenvalue weighted by atomic mass is 32.1. The Morgan fingerprint density at radius 1 is 1.32 bits per heavy atom. The van der Waals surface area contributed by atoms with Crippen molar-refractivity contribution in [3.63, 3.8) is 0 Å². The van der Waals surface area contributed by atoms with Gasteiger partial charge in [0.25, 0.3) is 0 Å². The molecule has 0 bridgehead atoms. The highest BCUT2D eigenvalue weighted by molar-refractivity contribution is 7.19. The molecule has 6 nitrogen and oxygen atoms in total. The van der Waals surface area contributed by atoms with Gasteiger partial charge >= 0.3 is 0 Å². The average molecular weight is 389 g/mol. The molecule has 28 heavy (non-hydrogen) atoms. The molecule has 1 aliphatic carbocycles. The number of aromatic nitrogens is 4. The van der Waals surface area contributed by atoms with Gasteiger partial charge in [0.15, 0.2) is 17.6 Å². The van der Waals surface area contributed by atoms with Crippen molar-refractivity contribution in [2.24, 2.45) is 5.92 Å². The first kappa shape index (κ1) is 17.1. The van der Waals surface area contributed by atoms with E-state index in [4.69, 9.17) is 15.0 Å². The van der Waals surface area contributed by atoms with E-state index in [9.17, 15) is 0 Å². The van der Waals surface area contributed by atoms with Crippen LogP contribution in [0.15, 0.2) is 30.6 Å². The molecule has 1 aliphatic rings. The van der Waals surface area contributed by atoms with E-state index in [0.29, 0.717) is 17.1 Å². The van der Waals surface area contributed by atoms with E-state index in [1.807, 2.05) is 6.92 Å². The number of hydrogen-bond donors (Lipinski definition) is 0. The van der Waals surface area contributed by atoms with Crippen LogP contribution >= 0.6 is 11.3 Å². The summed E-state index contributed by atoms with van der Waals surface area (Å²) in [6.45, 7) is 4.25. The molecular formula is C21H19N5OS. The van der Waals surface area contributed by atoms with E-state index in [1.54, 1.807) is 46.4 Å². The molecule has 0 saturated heterocycles.